The van der Waals surface area contributed by atoms with Gasteiger partial charge in [0.2, 0.25) is 0 Å². The number of rotatable bonds is 1. The standard InChI is InChI=1S/C8H8N4O2S/c13-7-5-6(10-8(14)11-7)9-3-12(5)4-1-15-2-4/h3-4H,1-2H2,(H2,10,11,13,14). The number of H-pyrrole nitrogens is 2. The molecule has 0 saturated carbocycles. The number of fused-ring (bicyclic) bond motifs is 1. The number of thioether (sulfide) groups is 1. The third-order valence-electron chi connectivity index (χ3n) is 2.48. The molecular weight excluding hydrogens is 216 g/mol. The van der Waals surface area contributed by atoms with Crippen LogP contribution < -0.4 is 11.2 Å². The van der Waals surface area contributed by atoms with Gasteiger partial charge in [-0.1, -0.05) is 0 Å². The molecule has 0 amide bonds. The number of nitrogens with one attached hydrogen (secondary N) is 2. The van der Waals surface area contributed by atoms with Crippen LogP contribution in [0.5, 0.6) is 0 Å². The lowest BCUT2D eigenvalue weighted by Crippen LogP contribution is -2.27. The Bertz CT molecular complexity index is 621. The van der Waals surface area contributed by atoms with Crippen LogP contribution in [0.2, 0.25) is 0 Å². The number of hydrogen-bond donors (Lipinski definition) is 2. The largest absolute Gasteiger partial charge is 0.327 e. The van der Waals surface area contributed by atoms with Crippen LogP contribution >= 0.6 is 11.8 Å². The van der Waals surface area contributed by atoms with Gasteiger partial charge in [0, 0.05) is 11.5 Å². The molecule has 0 aliphatic carbocycles. The van der Waals surface area contributed by atoms with Gasteiger partial charge in [-0.15, -0.1) is 0 Å². The van der Waals surface area contributed by atoms with Gasteiger partial charge in [-0.3, -0.25) is 14.8 Å². The highest BCUT2D eigenvalue weighted by Gasteiger charge is 2.23. The van der Waals surface area contributed by atoms with Crippen LogP contribution in [0.4, 0.5) is 0 Å². The zero-order valence-corrected chi connectivity index (χ0v) is 8.50. The highest BCUT2D eigenvalue weighted by atomic mass is 32.2. The Hall–Kier alpha value is -1.50. The minimum atomic E-state index is -0.513. The summed E-state index contributed by atoms with van der Waals surface area (Å²) in [6, 6.07) is 0.326. The number of aromatic nitrogens is 4. The fraction of sp³-hybridized carbons (Fsp3) is 0.375. The van der Waals surface area contributed by atoms with Gasteiger partial charge in [0.25, 0.3) is 5.56 Å². The van der Waals surface area contributed by atoms with Crippen molar-refractivity contribution in [2.45, 2.75) is 6.04 Å². The molecule has 6 nitrogen and oxygen atoms in total. The highest BCUT2D eigenvalue weighted by Crippen LogP contribution is 2.30. The Balaban J connectivity index is 2.33. The van der Waals surface area contributed by atoms with Gasteiger partial charge in [-0.05, 0) is 0 Å². The maximum atomic E-state index is 11.6. The molecule has 7 heteroatoms. The molecule has 78 valence electrons. The van der Waals surface area contributed by atoms with E-state index in [-0.39, 0.29) is 5.56 Å². The van der Waals surface area contributed by atoms with Crippen LogP contribution in [-0.4, -0.2) is 31.0 Å². The summed E-state index contributed by atoms with van der Waals surface area (Å²) in [6.07, 6.45) is 1.61. The molecule has 0 spiro atoms. The quantitative estimate of drug-likeness (QED) is 0.696. The average molecular weight is 224 g/mol. The summed E-state index contributed by atoms with van der Waals surface area (Å²) in [4.78, 5) is 31.3. The minimum Gasteiger partial charge on any atom is -0.320 e. The Labute approximate surface area is 87.7 Å². The van der Waals surface area contributed by atoms with E-state index in [0.29, 0.717) is 17.2 Å². The van der Waals surface area contributed by atoms with Crippen LogP contribution in [0.25, 0.3) is 11.2 Å². The molecular formula is C8H8N4O2S. The average Bonchev–Trinajstić information content (AvgIpc) is 2.45. The van der Waals surface area contributed by atoms with E-state index in [1.54, 1.807) is 6.33 Å². The molecule has 2 N–H and O–H groups in total. The molecule has 1 aliphatic heterocycles. The lowest BCUT2D eigenvalue weighted by molar-refractivity contribution is 0.607. The molecule has 2 aromatic heterocycles. The van der Waals surface area contributed by atoms with Gasteiger partial charge >= 0.3 is 5.69 Å². The zero-order chi connectivity index (χ0) is 10.4. The van der Waals surface area contributed by atoms with E-state index in [9.17, 15) is 9.59 Å². The third kappa shape index (κ3) is 1.23. The predicted octanol–water partition coefficient (Wildman–Crippen LogP) is -0.299. The normalized spacial score (nSPS) is 16.8. The van der Waals surface area contributed by atoms with Crippen molar-refractivity contribution in [3.63, 3.8) is 0 Å². The summed E-state index contributed by atoms with van der Waals surface area (Å²) in [5.74, 6) is 1.98. The van der Waals surface area contributed by atoms with Gasteiger partial charge in [-0.25, -0.2) is 9.78 Å². The number of hydrogen-bond acceptors (Lipinski definition) is 4. The maximum Gasteiger partial charge on any atom is 0.327 e. The summed E-state index contributed by atoms with van der Waals surface area (Å²) in [5, 5.41) is 0. The second-order valence-corrected chi connectivity index (χ2v) is 4.52. The Kier molecular flexibility index (Phi) is 1.75. The first-order valence-electron chi connectivity index (χ1n) is 4.52. The Morgan fingerprint density at radius 2 is 2.20 bits per heavy atom. The number of aromatic amines is 2. The van der Waals surface area contributed by atoms with Crippen molar-refractivity contribution in [1.29, 1.82) is 0 Å². The monoisotopic (exact) mass is 224 g/mol. The fourth-order valence-corrected chi connectivity index (χ4v) is 2.41. The molecule has 1 saturated heterocycles. The minimum absolute atomic E-state index is 0.326. The molecule has 0 atom stereocenters. The first-order chi connectivity index (χ1) is 7.25. The lowest BCUT2D eigenvalue weighted by Gasteiger charge is -2.26. The van der Waals surface area contributed by atoms with Gasteiger partial charge in [0.05, 0.1) is 12.4 Å². The molecule has 0 bridgehead atoms. The first-order valence-corrected chi connectivity index (χ1v) is 5.68. The molecule has 1 fully saturated rings. The molecule has 2 aromatic rings. The summed E-state index contributed by atoms with van der Waals surface area (Å²) < 4.78 is 1.83. The Morgan fingerprint density at radius 1 is 1.40 bits per heavy atom. The lowest BCUT2D eigenvalue weighted by atomic mass is 10.3. The van der Waals surface area contributed by atoms with Gasteiger partial charge in [0.1, 0.15) is 0 Å². The van der Waals surface area contributed by atoms with Crippen molar-refractivity contribution < 1.29 is 0 Å². The van der Waals surface area contributed by atoms with E-state index in [1.165, 1.54) is 0 Å². The molecule has 3 rings (SSSR count). The van der Waals surface area contributed by atoms with Gasteiger partial charge < -0.3 is 4.57 Å². The molecule has 3 heterocycles. The van der Waals surface area contributed by atoms with Crippen molar-refractivity contribution in [2.24, 2.45) is 0 Å². The van der Waals surface area contributed by atoms with Crippen LogP contribution in [-0.2, 0) is 0 Å². The van der Waals surface area contributed by atoms with E-state index in [2.05, 4.69) is 15.0 Å². The first kappa shape index (κ1) is 8.78. The van der Waals surface area contributed by atoms with Crippen molar-refractivity contribution >= 4 is 22.9 Å². The van der Waals surface area contributed by atoms with E-state index in [1.807, 2.05) is 16.3 Å². The molecule has 0 radical (unpaired) electrons. The van der Waals surface area contributed by atoms with E-state index in [0.717, 1.165) is 11.5 Å². The highest BCUT2D eigenvalue weighted by molar-refractivity contribution is 8.00. The maximum absolute atomic E-state index is 11.6. The topological polar surface area (TPSA) is 83.5 Å². The third-order valence-corrected chi connectivity index (χ3v) is 3.72. The summed E-state index contributed by atoms with van der Waals surface area (Å²) in [7, 11) is 0. The van der Waals surface area contributed by atoms with Crippen LogP contribution in [0.1, 0.15) is 6.04 Å². The van der Waals surface area contributed by atoms with Crippen molar-refractivity contribution in [3.8, 4) is 0 Å². The SMILES string of the molecule is O=c1[nH]c(=O)c2c(ncn2C2CSC2)[nH]1. The van der Waals surface area contributed by atoms with Crippen molar-refractivity contribution in [3.05, 3.63) is 27.2 Å². The fourth-order valence-electron chi connectivity index (χ4n) is 1.64. The summed E-state index contributed by atoms with van der Waals surface area (Å²) in [6.45, 7) is 0. The van der Waals surface area contributed by atoms with E-state index in [4.69, 9.17) is 0 Å². The zero-order valence-electron chi connectivity index (χ0n) is 7.69. The van der Waals surface area contributed by atoms with Crippen molar-refractivity contribution in [2.75, 3.05) is 11.5 Å². The molecule has 1 aliphatic rings. The van der Waals surface area contributed by atoms with Crippen LogP contribution in [0.3, 0.4) is 0 Å². The molecule has 15 heavy (non-hydrogen) atoms. The van der Waals surface area contributed by atoms with Crippen molar-refractivity contribution in [1.82, 2.24) is 19.5 Å². The van der Waals surface area contributed by atoms with Gasteiger partial charge in [-0.2, -0.15) is 11.8 Å². The smallest absolute Gasteiger partial charge is 0.320 e. The number of nitrogens with zero attached hydrogens (tertiary/aromatic N) is 2. The second-order valence-electron chi connectivity index (χ2n) is 3.45. The van der Waals surface area contributed by atoms with Crippen LogP contribution in [0.15, 0.2) is 15.9 Å². The van der Waals surface area contributed by atoms with Crippen LogP contribution in [0, 0.1) is 0 Å². The number of imidazole rings is 1. The summed E-state index contributed by atoms with van der Waals surface area (Å²) in [5.41, 5.74) is -0.0653. The summed E-state index contributed by atoms with van der Waals surface area (Å²) >= 11 is 1.83. The Morgan fingerprint density at radius 3 is 2.87 bits per heavy atom. The van der Waals surface area contributed by atoms with E-state index < -0.39 is 5.69 Å². The van der Waals surface area contributed by atoms with Gasteiger partial charge in [0.15, 0.2) is 11.2 Å². The second kappa shape index (κ2) is 2.99. The predicted molar refractivity (Wildman–Crippen MR) is 57.3 cm³/mol. The molecule has 0 aromatic carbocycles. The molecule has 0 unspecified atom stereocenters. The van der Waals surface area contributed by atoms with E-state index >= 15 is 0 Å².